The first-order valence-corrected chi connectivity index (χ1v) is 7.53. The molecule has 110 valence electrons. The summed E-state index contributed by atoms with van der Waals surface area (Å²) < 4.78 is 0. The van der Waals surface area contributed by atoms with Crippen molar-refractivity contribution < 1.29 is 5.11 Å². The van der Waals surface area contributed by atoms with Gasteiger partial charge in [-0.1, -0.05) is 24.3 Å². The lowest BCUT2D eigenvalue weighted by Crippen LogP contribution is -2.15. The van der Waals surface area contributed by atoms with E-state index >= 15 is 0 Å². The Labute approximate surface area is 128 Å². The quantitative estimate of drug-likeness (QED) is 0.584. The molecule has 1 aliphatic carbocycles. The maximum atomic E-state index is 9.34. The predicted molar refractivity (Wildman–Crippen MR) is 92.6 cm³/mol. The van der Waals surface area contributed by atoms with E-state index in [1.54, 1.807) is 19.1 Å². The summed E-state index contributed by atoms with van der Waals surface area (Å²) in [7, 11) is 4.59. The van der Waals surface area contributed by atoms with Gasteiger partial charge in [-0.15, -0.1) is 9.24 Å². The first kappa shape index (κ1) is 15.5. The molecule has 0 spiro atoms. The van der Waals surface area contributed by atoms with Crippen LogP contribution >= 0.6 is 9.24 Å². The fourth-order valence-corrected chi connectivity index (χ4v) is 3.06. The summed E-state index contributed by atoms with van der Waals surface area (Å²) in [6.07, 6.45) is 6.16. The van der Waals surface area contributed by atoms with E-state index in [0.717, 1.165) is 29.4 Å². The maximum Gasteiger partial charge on any atom is 0.115 e. The van der Waals surface area contributed by atoms with E-state index in [0.29, 0.717) is 11.5 Å². The van der Waals surface area contributed by atoms with Gasteiger partial charge in [0.2, 0.25) is 0 Å². The van der Waals surface area contributed by atoms with Crippen molar-refractivity contribution in [2.24, 2.45) is 0 Å². The highest BCUT2D eigenvalue weighted by Gasteiger charge is 2.13. The minimum Gasteiger partial charge on any atom is -0.508 e. The molecule has 0 aliphatic heterocycles. The zero-order chi connectivity index (χ0) is 15.4. The van der Waals surface area contributed by atoms with E-state index in [2.05, 4.69) is 26.7 Å². The fourth-order valence-electron chi connectivity index (χ4n) is 2.46. The highest BCUT2D eigenvalue weighted by molar-refractivity contribution is 7.23. The Hall–Kier alpha value is -1.86. The summed E-state index contributed by atoms with van der Waals surface area (Å²) in [5.41, 5.74) is 5.06. The predicted octanol–water partition coefficient (Wildman–Crippen LogP) is 3.84. The molecule has 1 aliphatic rings. The van der Waals surface area contributed by atoms with Crippen LogP contribution in [-0.2, 0) is 0 Å². The summed E-state index contributed by atoms with van der Waals surface area (Å²) in [6.45, 7) is 1.79. The third kappa shape index (κ3) is 3.62. The molecule has 0 saturated carbocycles. The summed E-state index contributed by atoms with van der Waals surface area (Å²) in [4.78, 5) is 0. The third-order valence-electron chi connectivity index (χ3n) is 3.63. The largest absolute Gasteiger partial charge is 0.508 e. The van der Waals surface area contributed by atoms with E-state index < -0.39 is 0 Å². The minimum absolute atomic E-state index is 0.293. The molecule has 3 N–H and O–H groups in total. The normalized spacial score (nSPS) is 15.8. The molecule has 0 heterocycles. The van der Waals surface area contributed by atoms with Gasteiger partial charge in [-0.25, -0.2) is 0 Å². The average Bonchev–Trinajstić information content (AvgIpc) is 2.48. The van der Waals surface area contributed by atoms with Crippen LogP contribution < -0.4 is 5.32 Å². The molecule has 0 saturated heterocycles. The molecular weight excluding hydrogens is 279 g/mol. The van der Waals surface area contributed by atoms with Gasteiger partial charge in [0.15, 0.2) is 0 Å². The van der Waals surface area contributed by atoms with Crippen LogP contribution in [0.3, 0.4) is 0 Å². The molecule has 3 nitrogen and oxygen atoms in total. The highest BCUT2D eigenvalue weighted by atomic mass is 31.0. The van der Waals surface area contributed by atoms with Crippen LogP contribution in [0.5, 0.6) is 5.75 Å². The fraction of sp³-hybridized carbons (Fsp3) is 0.235. The molecule has 21 heavy (non-hydrogen) atoms. The van der Waals surface area contributed by atoms with Gasteiger partial charge in [-0.3, -0.25) is 0 Å². The second kappa shape index (κ2) is 6.73. The lowest BCUT2D eigenvalue weighted by Gasteiger charge is -2.18. The molecule has 0 amide bonds. The Morgan fingerprint density at radius 1 is 1.19 bits per heavy atom. The van der Waals surface area contributed by atoms with Crippen molar-refractivity contribution >= 4 is 20.5 Å². The van der Waals surface area contributed by atoms with Gasteiger partial charge in [-0.2, -0.15) is 0 Å². The van der Waals surface area contributed by atoms with Crippen LogP contribution in [0.4, 0.5) is 0 Å². The van der Waals surface area contributed by atoms with Gasteiger partial charge in [-0.05, 0) is 53.9 Å². The van der Waals surface area contributed by atoms with E-state index in [4.69, 9.17) is 5.41 Å². The number of aromatic hydroxyl groups is 1. The van der Waals surface area contributed by atoms with Crippen LogP contribution in [-0.4, -0.2) is 17.9 Å². The maximum absolute atomic E-state index is 9.34. The van der Waals surface area contributed by atoms with Crippen molar-refractivity contribution in [3.63, 3.8) is 0 Å². The number of benzene rings is 1. The van der Waals surface area contributed by atoms with Crippen molar-refractivity contribution in [1.29, 1.82) is 5.41 Å². The van der Waals surface area contributed by atoms with Crippen LogP contribution in [0.2, 0.25) is 0 Å². The lowest BCUT2D eigenvalue weighted by molar-refractivity contribution is 0.475. The van der Waals surface area contributed by atoms with Gasteiger partial charge in [0.05, 0.1) is 11.4 Å². The van der Waals surface area contributed by atoms with Gasteiger partial charge in [0, 0.05) is 7.05 Å². The molecule has 1 atom stereocenters. The first-order chi connectivity index (χ1) is 10.0. The Balaban J connectivity index is 2.28. The molecule has 1 aromatic rings. The van der Waals surface area contributed by atoms with Crippen molar-refractivity contribution in [3.8, 4) is 5.75 Å². The van der Waals surface area contributed by atoms with Crippen molar-refractivity contribution in [1.82, 2.24) is 5.32 Å². The molecule has 0 aromatic heterocycles. The van der Waals surface area contributed by atoms with E-state index in [9.17, 15) is 5.11 Å². The van der Waals surface area contributed by atoms with Crippen LogP contribution in [0.25, 0.3) is 5.57 Å². The number of allylic oxidation sites excluding steroid dienone is 6. The van der Waals surface area contributed by atoms with Gasteiger partial charge >= 0.3 is 0 Å². The summed E-state index contributed by atoms with van der Waals surface area (Å²) in [5, 5.41) is 21.3. The molecule has 0 radical (unpaired) electrons. The molecule has 0 fully saturated rings. The summed E-state index contributed by atoms with van der Waals surface area (Å²) in [6, 6.07) is 7.32. The van der Waals surface area contributed by atoms with E-state index in [1.807, 2.05) is 19.2 Å². The number of nitrogens with one attached hydrogen (secondary N) is 2. The monoisotopic (exact) mass is 300 g/mol. The number of rotatable bonds is 4. The van der Waals surface area contributed by atoms with E-state index in [-0.39, 0.29) is 0 Å². The Kier molecular flexibility index (Phi) is 4.98. The number of phenols is 1. The molecular formula is C17H21N2OP. The van der Waals surface area contributed by atoms with E-state index in [1.165, 1.54) is 11.1 Å². The van der Waals surface area contributed by atoms with Gasteiger partial charge in [0.25, 0.3) is 0 Å². The number of phenolic OH excluding ortho intramolecular Hbond substituents is 1. The van der Waals surface area contributed by atoms with Crippen LogP contribution in [0.1, 0.15) is 25.3 Å². The topological polar surface area (TPSA) is 56.1 Å². The Morgan fingerprint density at radius 3 is 2.33 bits per heavy atom. The molecule has 1 aromatic carbocycles. The Bertz CT molecular complexity index is 639. The molecule has 2 rings (SSSR count). The van der Waals surface area contributed by atoms with Crippen molar-refractivity contribution in [2.75, 3.05) is 7.05 Å². The molecule has 0 bridgehead atoms. The minimum atomic E-state index is 0.293. The number of hydrogen-bond acceptors (Lipinski definition) is 3. The smallest absolute Gasteiger partial charge is 0.115 e. The SMILES string of the molecule is CN/C(C(C)=N)=C(/P)C1=CC=C(c2ccc(O)cc2)CC1. The average molecular weight is 300 g/mol. The Morgan fingerprint density at radius 2 is 1.86 bits per heavy atom. The second-order valence-corrected chi connectivity index (χ2v) is 5.67. The van der Waals surface area contributed by atoms with Gasteiger partial charge in [0.1, 0.15) is 5.75 Å². The first-order valence-electron chi connectivity index (χ1n) is 6.95. The zero-order valence-electron chi connectivity index (χ0n) is 12.4. The highest BCUT2D eigenvalue weighted by Crippen LogP contribution is 2.33. The third-order valence-corrected chi connectivity index (χ3v) is 4.29. The number of hydrogen-bond donors (Lipinski definition) is 3. The molecule has 4 heteroatoms. The summed E-state index contributed by atoms with van der Waals surface area (Å²) in [5.74, 6) is 0.293. The standard InChI is InChI=1S/C17H21N2OP/c1-11(18)16(19-2)17(21)14-5-3-12(4-6-14)13-7-9-15(20)10-8-13/h3,5,7-10,18-20H,4,6,21H2,1-2H3/b17-16+,18-11?. The molecule has 1 unspecified atom stereocenters. The lowest BCUT2D eigenvalue weighted by atomic mass is 9.92. The van der Waals surface area contributed by atoms with Crippen molar-refractivity contribution in [3.05, 3.63) is 58.6 Å². The van der Waals surface area contributed by atoms with Crippen molar-refractivity contribution in [2.45, 2.75) is 19.8 Å². The van der Waals surface area contributed by atoms with Crippen LogP contribution in [0, 0.1) is 5.41 Å². The van der Waals surface area contributed by atoms with Gasteiger partial charge < -0.3 is 15.8 Å². The van der Waals surface area contributed by atoms with Crippen LogP contribution in [0.15, 0.2) is 53.0 Å². The zero-order valence-corrected chi connectivity index (χ0v) is 13.6. The summed E-state index contributed by atoms with van der Waals surface area (Å²) >= 11 is 0. The second-order valence-electron chi connectivity index (χ2n) is 5.09.